The average Bonchev–Trinajstić information content (AvgIpc) is 3.51. The molecule has 23 heavy (non-hydrogen) atoms. The fourth-order valence-electron chi connectivity index (χ4n) is 4.45. The zero-order valence-electron chi connectivity index (χ0n) is 13.7. The molecule has 1 unspecified atom stereocenters. The first-order chi connectivity index (χ1) is 11.5. The first-order valence-electron chi connectivity index (χ1n) is 8.60. The minimum atomic E-state index is -1.30. The number of aliphatic carboxylic acids is 1. The van der Waals surface area contributed by atoms with Gasteiger partial charge in [-0.2, -0.15) is 0 Å². The average molecular weight is 314 g/mol. The Morgan fingerprint density at radius 3 is 2.74 bits per heavy atom. The van der Waals surface area contributed by atoms with Crippen LogP contribution in [0.1, 0.15) is 27.1 Å². The van der Waals surface area contributed by atoms with Crippen LogP contribution in [0.3, 0.4) is 0 Å². The summed E-state index contributed by atoms with van der Waals surface area (Å²) in [5.74, 6) is -1.09. The molecule has 0 radical (unpaired) electrons. The van der Waals surface area contributed by atoms with Crippen LogP contribution < -0.4 is 4.74 Å². The summed E-state index contributed by atoms with van der Waals surface area (Å²) in [5.41, 5.74) is -0.874. The highest BCUT2D eigenvalue weighted by Crippen LogP contribution is 2.92. The van der Waals surface area contributed by atoms with Crippen LogP contribution >= 0.6 is 0 Å². The molecule has 3 aliphatic carbocycles. The lowest BCUT2D eigenvalue weighted by atomic mass is 9.98. The SMILES string of the molecule is [2H]C1(COc2ccn(C3(C(=O)O)C=CC=NC3)n2)C2(CC2)C12CC2. The van der Waals surface area contributed by atoms with E-state index >= 15 is 0 Å². The highest BCUT2D eigenvalue weighted by atomic mass is 16.5. The molecular formula is C17H19N3O3. The Kier molecular flexibility index (Phi) is 2.17. The first-order valence-corrected chi connectivity index (χ1v) is 8.10. The van der Waals surface area contributed by atoms with Gasteiger partial charge in [0, 0.05) is 25.7 Å². The molecule has 2 heterocycles. The fraction of sp³-hybridized carbons (Fsp3) is 0.588. The number of ether oxygens (including phenoxy) is 1. The van der Waals surface area contributed by atoms with E-state index in [0.29, 0.717) is 12.5 Å². The molecule has 120 valence electrons. The highest BCUT2D eigenvalue weighted by molar-refractivity contribution is 5.84. The lowest BCUT2D eigenvalue weighted by Crippen LogP contribution is -2.44. The zero-order chi connectivity index (χ0) is 16.6. The highest BCUT2D eigenvalue weighted by Gasteiger charge is 2.86. The van der Waals surface area contributed by atoms with Gasteiger partial charge in [0.25, 0.3) is 0 Å². The summed E-state index contributed by atoms with van der Waals surface area (Å²) in [6.45, 7) is 0.451. The fourth-order valence-corrected chi connectivity index (χ4v) is 4.45. The van der Waals surface area contributed by atoms with Crippen LogP contribution in [0.25, 0.3) is 0 Å². The molecule has 3 saturated carbocycles. The summed E-state index contributed by atoms with van der Waals surface area (Å²) >= 11 is 0. The van der Waals surface area contributed by atoms with Crippen LogP contribution in [0.2, 0.25) is 0 Å². The zero-order valence-corrected chi connectivity index (χ0v) is 12.7. The second-order valence-corrected chi connectivity index (χ2v) is 7.11. The molecule has 6 heteroatoms. The van der Waals surface area contributed by atoms with E-state index in [1.54, 1.807) is 30.6 Å². The summed E-state index contributed by atoms with van der Waals surface area (Å²) in [5, 5.41) is 13.9. The normalized spacial score (nSPS) is 33.5. The Balaban J connectivity index is 1.34. The van der Waals surface area contributed by atoms with Gasteiger partial charge in [0.1, 0.15) is 0 Å². The Morgan fingerprint density at radius 1 is 1.43 bits per heavy atom. The lowest BCUT2D eigenvalue weighted by Gasteiger charge is -2.26. The second-order valence-electron chi connectivity index (χ2n) is 7.11. The molecule has 1 aliphatic heterocycles. The van der Waals surface area contributed by atoms with Gasteiger partial charge in [0.2, 0.25) is 5.88 Å². The Hall–Kier alpha value is -2.11. The van der Waals surface area contributed by atoms with Crippen molar-refractivity contribution in [3.05, 3.63) is 24.4 Å². The molecule has 3 fully saturated rings. The smallest absolute Gasteiger partial charge is 0.337 e. The number of aliphatic imine (C=N–C) groups is 1. The Morgan fingerprint density at radius 2 is 2.17 bits per heavy atom. The minimum absolute atomic E-state index is 0.106. The van der Waals surface area contributed by atoms with E-state index in [0.717, 1.165) is 25.7 Å². The second kappa shape index (κ2) is 4.04. The number of nitrogens with zero attached hydrogens (tertiary/aromatic N) is 3. The van der Waals surface area contributed by atoms with E-state index in [1.165, 1.54) is 4.68 Å². The molecule has 0 aromatic carbocycles. The van der Waals surface area contributed by atoms with Crippen molar-refractivity contribution in [2.75, 3.05) is 13.2 Å². The summed E-state index contributed by atoms with van der Waals surface area (Å²) < 4.78 is 15.9. The van der Waals surface area contributed by atoms with Gasteiger partial charge in [0.15, 0.2) is 5.54 Å². The number of rotatable bonds is 5. The third-order valence-corrected chi connectivity index (χ3v) is 6.11. The molecule has 0 bridgehead atoms. The predicted molar refractivity (Wildman–Crippen MR) is 82.7 cm³/mol. The molecule has 1 atom stereocenters. The number of carbonyl (C=O) groups is 1. The number of dihydropyridines is 1. The minimum Gasteiger partial charge on any atom is -0.479 e. The number of carboxylic acids is 1. The lowest BCUT2D eigenvalue weighted by molar-refractivity contribution is -0.144. The molecule has 1 aromatic rings. The summed E-state index contributed by atoms with van der Waals surface area (Å²) in [4.78, 5) is 15.8. The van der Waals surface area contributed by atoms with Gasteiger partial charge in [-0.05, 0) is 48.7 Å². The van der Waals surface area contributed by atoms with Gasteiger partial charge >= 0.3 is 5.97 Å². The molecule has 2 spiro atoms. The van der Waals surface area contributed by atoms with Gasteiger partial charge in [0.05, 0.1) is 13.2 Å². The largest absolute Gasteiger partial charge is 0.479 e. The van der Waals surface area contributed by atoms with Crippen molar-refractivity contribution >= 4 is 12.2 Å². The van der Waals surface area contributed by atoms with Crippen molar-refractivity contribution in [2.45, 2.75) is 31.2 Å². The van der Waals surface area contributed by atoms with Crippen molar-refractivity contribution in [1.29, 1.82) is 0 Å². The van der Waals surface area contributed by atoms with Crippen LogP contribution in [0.4, 0.5) is 0 Å². The standard InChI is InChI=1S/C17H19N3O3/c21-14(22)17(3-1-8-18-11-17)20-9-2-13(19-20)23-10-12-15(4-5-15)16(12)6-7-16/h1-3,8-9,12H,4-7,10-11H2,(H,21,22)/i12D. The number of hydrogen-bond acceptors (Lipinski definition) is 4. The van der Waals surface area contributed by atoms with Gasteiger partial charge in [-0.25, -0.2) is 9.48 Å². The van der Waals surface area contributed by atoms with Crippen LogP contribution in [0, 0.1) is 16.7 Å². The maximum atomic E-state index is 11.7. The quantitative estimate of drug-likeness (QED) is 0.900. The molecule has 1 N–H and O–H groups in total. The topological polar surface area (TPSA) is 76.7 Å². The Bertz CT molecular complexity index is 773. The van der Waals surface area contributed by atoms with Crippen LogP contribution in [0.5, 0.6) is 5.88 Å². The summed E-state index contributed by atoms with van der Waals surface area (Å²) in [7, 11) is 0. The van der Waals surface area contributed by atoms with Gasteiger partial charge in [-0.15, -0.1) is 5.10 Å². The molecule has 0 saturated heterocycles. The summed E-state index contributed by atoms with van der Waals surface area (Å²) in [6.07, 6.45) is 11.0. The molecular weight excluding hydrogens is 294 g/mol. The number of fused-ring (bicyclic) bond motifs is 1. The van der Waals surface area contributed by atoms with E-state index in [2.05, 4.69) is 10.1 Å². The molecule has 6 nitrogen and oxygen atoms in total. The molecule has 5 rings (SSSR count). The molecule has 4 aliphatic rings. The van der Waals surface area contributed by atoms with Crippen molar-refractivity contribution < 1.29 is 16.0 Å². The van der Waals surface area contributed by atoms with Crippen molar-refractivity contribution in [3.8, 4) is 5.88 Å². The maximum Gasteiger partial charge on any atom is 0.337 e. The predicted octanol–water partition coefficient (Wildman–Crippen LogP) is 1.87. The van der Waals surface area contributed by atoms with Crippen molar-refractivity contribution in [1.82, 2.24) is 9.78 Å². The number of carboxylic acid groups (broad SMARTS) is 1. The van der Waals surface area contributed by atoms with Crippen LogP contribution in [-0.2, 0) is 10.3 Å². The van der Waals surface area contributed by atoms with E-state index in [-0.39, 0.29) is 17.4 Å². The van der Waals surface area contributed by atoms with Gasteiger partial charge in [-0.3, -0.25) is 4.99 Å². The number of aromatic nitrogens is 2. The van der Waals surface area contributed by atoms with Crippen molar-refractivity contribution in [3.63, 3.8) is 0 Å². The number of allylic oxidation sites excluding steroid dienone is 1. The van der Waals surface area contributed by atoms with Gasteiger partial charge in [-0.1, -0.05) is 0 Å². The third kappa shape index (κ3) is 1.61. The monoisotopic (exact) mass is 314 g/mol. The molecule has 1 aromatic heterocycles. The number of hydrogen-bond donors (Lipinski definition) is 1. The van der Waals surface area contributed by atoms with Crippen molar-refractivity contribution in [2.24, 2.45) is 21.7 Å². The molecule has 0 amide bonds. The first kappa shape index (κ1) is 12.3. The third-order valence-electron chi connectivity index (χ3n) is 6.11. The van der Waals surface area contributed by atoms with E-state index < -0.39 is 17.4 Å². The van der Waals surface area contributed by atoms with Crippen LogP contribution in [0.15, 0.2) is 29.4 Å². The van der Waals surface area contributed by atoms with E-state index in [9.17, 15) is 9.90 Å². The van der Waals surface area contributed by atoms with Gasteiger partial charge < -0.3 is 9.84 Å². The van der Waals surface area contributed by atoms with E-state index in [4.69, 9.17) is 6.11 Å². The van der Waals surface area contributed by atoms with Crippen LogP contribution in [-0.4, -0.2) is 40.2 Å². The maximum absolute atomic E-state index is 11.7. The Labute approximate surface area is 135 Å². The summed E-state index contributed by atoms with van der Waals surface area (Å²) in [6, 6.07) is 1.67. The van der Waals surface area contributed by atoms with E-state index in [1.807, 2.05) is 0 Å².